The second-order valence-electron chi connectivity index (χ2n) is 5.10. The van der Waals surface area contributed by atoms with Gasteiger partial charge >= 0.3 is 0 Å². The Labute approximate surface area is 113 Å². The minimum atomic E-state index is -0.737. The van der Waals surface area contributed by atoms with E-state index in [0.717, 1.165) is 0 Å². The van der Waals surface area contributed by atoms with E-state index in [1.807, 2.05) is 6.07 Å². The van der Waals surface area contributed by atoms with Crippen LogP contribution >= 0.6 is 0 Å². The maximum atomic E-state index is 12.5. The lowest BCUT2D eigenvalue weighted by Gasteiger charge is -2.58. The van der Waals surface area contributed by atoms with E-state index in [2.05, 4.69) is 0 Å². The van der Waals surface area contributed by atoms with Gasteiger partial charge in [0.05, 0.1) is 24.8 Å². The third kappa shape index (κ3) is 2.47. The molecule has 1 saturated heterocycles. The van der Waals surface area contributed by atoms with Gasteiger partial charge < -0.3 is 15.0 Å². The lowest BCUT2D eigenvalue weighted by molar-refractivity contribution is -0.902. The van der Waals surface area contributed by atoms with Gasteiger partial charge in [-0.05, 0) is 19.9 Å². The number of nitrogens with zero attached hydrogens (tertiary/aromatic N) is 1. The van der Waals surface area contributed by atoms with E-state index in [0.29, 0.717) is 5.56 Å². The quantitative estimate of drug-likeness (QED) is 0.513. The molecule has 1 aromatic carbocycles. The zero-order valence-electron chi connectivity index (χ0n) is 11.2. The molecule has 1 aliphatic heterocycles. The number of carbonyl (C=O) groups is 1. The molecule has 0 aromatic heterocycles. The Morgan fingerprint density at radius 2 is 2.11 bits per heavy atom. The fraction of sp³-hybridized carbons (Fsp3) is 0.400. The summed E-state index contributed by atoms with van der Waals surface area (Å²) in [6, 6.07) is 8.06. The Morgan fingerprint density at radius 1 is 1.47 bits per heavy atom. The van der Waals surface area contributed by atoms with Crippen molar-refractivity contribution in [2.24, 2.45) is 5.92 Å². The number of ketones is 1. The SMILES string of the molecule is CC=C[N@@+]1([O-])C[C@@H](C(C)O)[C@@H]1C(=O)c1ccccc1. The summed E-state index contributed by atoms with van der Waals surface area (Å²) in [5.74, 6) is -0.466. The maximum absolute atomic E-state index is 12.5. The Balaban J connectivity index is 2.30. The van der Waals surface area contributed by atoms with Gasteiger partial charge in [0.25, 0.3) is 0 Å². The Hall–Kier alpha value is -1.49. The summed E-state index contributed by atoms with van der Waals surface area (Å²) in [6.45, 7) is 3.65. The average molecular weight is 261 g/mol. The molecule has 0 bridgehead atoms. The highest BCUT2D eigenvalue weighted by atomic mass is 16.6. The number of Topliss-reactive ketones (excluding diaryl/α,β-unsaturated/α-hetero) is 1. The highest BCUT2D eigenvalue weighted by Gasteiger charge is 2.54. The molecule has 1 N–H and O–H groups in total. The molecular formula is C15H19NO3. The van der Waals surface area contributed by atoms with Crippen molar-refractivity contribution >= 4 is 5.78 Å². The molecule has 4 heteroatoms. The topological polar surface area (TPSA) is 60.4 Å². The summed E-state index contributed by atoms with van der Waals surface area (Å²) in [5, 5.41) is 22.3. The standard InChI is InChI=1S/C15H19NO3/c1-3-9-16(19)10-13(11(2)17)14(16)15(18)12-7-5-4-6-8-12/h3-9,11,13-14,17H,10H2,1-2H3/t11?,13-,14+,16+/m0/s1. The highest BCUT2D eigenvalue weighted by Crippen LogP contribution is 2.38. The first-order valence-corrected chi connectivity index (χ1v) is 6.49. The minimum Gasteiger partial charge on any atom is -0.627 e. The van der Waals surface area contributed by atoms with Crippen molar-refractivity contribution in [3.8, 4) is 0 Å². The van der Waals surface area contributed by atoms with E-state index in [9.17, 15) is 15.1 Å². The summed E-state index contributed by atoms with van der Waals surface area (Å²) < 4.78 is -0.667. The largest absolute Gasteiger partial charge is 0.627 e. The fourth-order valence-electron chi connectivity index (χ4n) is 2.72. The van der Waals surface area contributed by atoms with Gasteiger partial charge in [-0.2, -0.15) is 0 Å². The summed E-state index contributed by atoms with van der Waals surface area (Å²) >= 11 is 0. The van der Waals surface area contributed by atoms with E-state index in [1.165, 1.54) is 6.20 Å². The maximum Gasteiger partial charge on any atom is 0.221 e. The highest BCUT2D eigenvalue weighted by molar-refractivity contribution is 6.00. The van der Waals surface area contributed by atoms with Crippen molar-refractivity contribution in [2.75, 3.05) is 6.54 Å². The average Bonchev–Trinajstić information content (AvgIpc) is 2.37. The normalized spacial score (nSPS) is 32.0. The molecule has 1 unspecified atom stereocenters. The van der Waals surface area contributed by atoms with Crippen LogP contribution in [0.1, 0.15) is 24.2 Å². The number of aliphatic hydroxyl groups excluding tert-OH is 1. The van der Waals surface area contributed by atoms with E-state index < -0.39 is 16.8 Å². The molecule has 2 rings (SSSR count). The van der Waals surface area contributed by atoms with E-state index in [1.54, 1.807) is 44.2 Å². The molecule has 0 aliphatic carbocycles. The Bertz CT molecular complexity index is 483. The lowest BCUT2D eigenvalue weighted by atomic mass is 9.79. The van der Waals surface area contributed by atoms with Crippen LogP contribution in [0.4, 0.5) is 0 Å². The first kappa shape index (κ1) is 13.9. The van der Waals surface area contributed by atoms with Gasteiger partial charge in [-0.1, -0.05) is 30.3 Å². The Kier molecular flexibility index (Phi) is 3.85. The van der Waals surface area contributed by atoms with Gasteiger partial charge in [0, 0.05) is 5.56 Å². The van der Waals surface area contributed by atoms with Gasteiger partial charge in [-0.15, -0.1) is 0 Å². The smallest absolute Gasteiger partial charge is 0.221 e. The third-order valence-corrected chi connectivity index (χ3v) is 3.72. The van der Waals surface area contributed by atoms with Crippen LogP contribution in [-0.4, -0.2) is 34.2 Å². The van der Waals surface area contributed by atoms with E-state index in [-0.39, 0.29) is 18.2 Å². The van der Waals surface area contributed by atoms with Crippen LogP contribution in [0.5, 0.6) is 0 Å². The van der Waals surface area contributed by atoms with Crippen molar-refractivity contribution in [3.63, 3.8) is 0 Å². The van der Waals surface area contributed by atoms with Crippen LogP contribution in [0.25, 0.3) is 0 Å². The number of hydrogen-bond acceptors (Lipinski definition) is 3. The zero-order valence-corrected chi connectivity index (χ0v) is 11.2. The monoisotopic (exact) mass is 261 g/mol. The van der Waals surface area contributed by atoms with Crippen molar-refractivity contribution < 1.29 is 14.5 Å². The van der Waals surface area contributed by atoms with E-state index in [4.69, 9.17) is 0 Å². The number of quaternary nitrogens is 1. The number of allylic oxidation sites excluding steroid dienone is 1. The molecule has 1 aliphatic rings. The molecule has 0 amide bonds. The molecule has 1 aromatic rings. The molecule has 1 fully saturated rings. The number of benzene rings is 1. The van der Waals surface area contributed by atoms with Gasteiger partial charge in [0.2, 0.25) is 5.78 Å². The predicted molar refractivity (Wildman–Crippen MR) is 73.0 cm³/mol. The second-order valence-corrected chi connectivity index (χ2v) is 5.10. The lowest BCUT2D eigenvalue weighted by Crippen LogP contribution is -2.70. The van der Waals surface area contributed by atoms with Crippen LogP contribution in [0.2, 0.25) is 0 Å². The summed E-state index contributed by atoms with van der Waals surface area (Å²) in [6.07, 6.45) is 2.50. The number of aliphatic hydroxyl groups is 1. The molecule has 102 valence electrons. The molecule has 0 radical (unpaired) electrons. The number of hydroxylamine groups is 3. The fourth-order valence-corrected chi connectivity index (χ4v) is 2.72. The van der Waals surface area contributed by atoms with Crippen molar-refractivity contribution in [3.05, 3.63) is 53.4 Å². The van der Waals surface area contributed by atoms with Gasteiger partial charge in [0.1, 0.15) is 0 Å². The van der Waals surface area contributed by atoms with Crippen LogP contribution in [0.3, 0.4) is 0 Å². The van der Waals surface area contributed by atoms with Crippen molar-refractivity contribution in [2.45, 2.75) is 26.0 Å². The van der Waals surface area contributed by atoms with Crippen LogP contribution in [0, 0.1) is 11.1 Å². The van der Waals surface area contributed by atoms with E-state index >= 15 is 0 Å². The van der Waals surface area contributed by atoms with Crippen molar-refractivity contribution in [1.29, 1.82) is 0 Å². The van der Waals surface area contributed by atoms with Gasteiger partial charge in [-0.25, -0.2) is 0 Å². The molecule has 1 heterocycles. The Morgan fingerprint density at radius 3 is 2.63 bits per heavy atom. The van der Waals surface area contributed by atoms with Crippen LogP contribution in [-0.2, 0) is 0 Å². The zero-order chi connectivity index (χ0) is 14.0. The van der Waals surface area contributed by atoms with Gasteiger partial charge in [-0.3, -0.25) is 4.79 Å². The third-order valence-electron chi connectivity index (χ3n) is 3.72. The first-order valence-electron chi connectivity index (χ1n) is 6.49. The summed E-state index contributed by atoms with van der Waals surface area (Å²) in [7, 11) is 0. The molecule has 4 nitrogen and oxygen atoms in total. The minimum absolute atomic E-state index is 0.189. The molecular weight excluding hydrogens is 242 g/mol. The second kappa shape index (κ2) is 5.25. The molecule has 0 spiro atoms. The van der Waals surface area contributed by atoms with Crippen LogP contribution in [0.15, 0.2) is 42.6 Å². The number of rotatable bonds is 4. The number of hydrogen-bond donors (Lipinski definition) is 1. The summed E-state index contributed by atoms with van der Waals surface area (Å²) in [4.78, 5) is 12.5. The molecule has 19 heavy (non-hydrogen) atoms. The summed E-state index contributed by atoms with van der Waals surface area (Å²) in [5.41, 5.74) is 0.528. The first-order chi connectivity index (χ1) is 8.99. The molecule has 0 saturated carbocycles. The van der Waals surface area contributed by atoms with Crippen LogP contribution < -0.4 is 0 Å². The molecule has 4 atom stereocenters. The number of likely N-dealkylation sites (tertiary alicyclic amines) is 1. The predicted octanol–water partition coefficient (Wildman–Crippen LogP) is 2.10. The number of carbonyl (C=O) groups excluding carboxylic acids is 1. The van der Waals surface area contributed by atoms with Crippen molar-refractivity contribution in [1.82, 2.24) is 0 Å². The van der Waals surface area contributed by atoms with Gasteiger partial charge in [0.15, 0.2) is 6.04 Å².